The van der Waals surface area contributed by atoms with Gasteiger partial charge in [0.05, 0.1) is 18.8 Å². The molecule has 5 heteroatoms. The summed E-state index contributed by atoms with van der Waals surface area (Å²) in [5.74, 6) is -0.515. The predicted molar refractivity (Wildman–Crippen MR) is 43.2 cm³/mol. The number of halogens is 2. The van der Waals surface area contributed by atoms with Gasteiger partial charge in [-0.3, -0.25) is 0 Å². The Balaban J connectivity index is 3.04. The molecule has 0 bridgehead atoms. The van der Waals surface area contributed by atoms with Gasteiger partial charge in [-0.1, -0.05) is 11.6 Å². The number of nitrogens with zero attached hydrogens (tertiary/aromatic N) is 1. The fraction of sp³-hybridized carbons (Fsp3) is 0.286. The van der Waals surface area contributed by atoms with Crippen molar-refractivity contribution in [3.8, 4) is 0 Å². The van der Waals surface area contributed by atoms with Crippen LogP contribution in [0, 0.1) is 5.82 Å². The fourth-order valence-corrected chi connectivity index (χ4v) is 1.04. The van der Waals surface area contributed by atoms with Crippen molar-refractivity contribution < 1.29 is 9.50 Å². The lowest BCUT2D eigenvalue weighted by atomic mass is 10.1. The normalized spacial score (nSPS) is 13.0. The molecule has 0 aliphatic heterocycles. The van der Waals surface area contributed by atoms with Gasteiger partial charge < -0.3 is 10.8 Å². The van der Waals surface area contributed by atoms with Crippen molar-refractivity contribution in [1.82, 2.24) is 4.98 Å². The molecule has 1 aromatic rings. The van der Waals surface area contributed by atoms with Gasteiger partial charge in [0, 0.05) is 5.56 Å². The lowest BCUT2D eigenvalue weighted by Gasteiger charge is -2.08. The van der Waals surface area contributed by atoms with E-state index in [4.69, 9.17) is 22.4 Å². The van der Waals surface area contributed by atoms with E-state index in [1.165, 1.54) is 0 Å². The van der Waals surface area contributed by atoms with Gasteiger partial charge in [0.25, 0.3) is 0 Å². The first kappa shape index (κ1) is 9.38. The van der Waals surface area contributed by atoms with Crippen molar-refractivity contribution in [2.75, 3.05) is 6.61 Å². The van der Waals surface area contributed by atoms with E-state index in [2.05, 4.69) is 4.98 Å². The molecule has 0 aromatic carbocycles. The van der Waals surface area contributed by atoms with Crippen LogP contribution in [0.15, 0.2) is 12.3 Å². The van der Waals surface area contributed by atoms with Crippen LogP contribution >= 0.6 is 11.6 Å². The average Bonchev–Trinajstić information content (AvgIpc) is 2.08. The van der Waals surface area contributed by atoms with Crippen molar-refractivity contribution in [2.24, 2.45) is 5.73 Å². The number of hydrogen-bond acceptors (Lipinski definition) is 3. The molecule has 0 saturated carbocycles. The third-order valence-electron chi connectivity index (χ3n) is 1.43. The van der Waals surface area contributed by atoms with Crippen LogP contribution in [0.25, 0.3) is 0 Å². The Hall–Kier alpha value is -0.710. The van der Waals surface area contributed by atoms with Gasteiger partial charge in [-0.2, -0.15) is 0 Å². The first-order valence-corrected chi connectivity index (χ1v) is 3.70. The highest BCUT2D eigenvalue weighted by Crippen LogP contribution is 2.19. The summed E-state index contributed by atoms with van der Waals surface area (Å²) >= 11 is 5.60. The minimum absolute atomic E-state index is 0.123. The molecule has 0 amide bonds. The van der Waals surface area contributed by atoms with Gasteiger partial charge in [0.2, 0.25) is 0 Å². The number of rotatable bonds is 2. The topological polar surface area (TPSA) is 59.1 Å². The summed E-state index contributed by atoms with van der Waals surface area (Å²) in [4.78, 5) is 3.55. The molecule has 12 heavy (non-hydrogen) atoms. The number of pyridine rings is 1. The highest BCUT2D eigenvalue weighted by molar-refractivity contribution is 6.30. The number of hydrogen-bond donors (Lipinski definition) is 2. The quantitative estimate of drug-likeness (QED) is 0.681. The van der Waals surface area contributed by atoms with Crippen LogP contribution in [0.2, 0.25) is 5.15 Å². The Morgan fingerprint density at radius 3 is 3.00 bits per heavy atom. The van der Waals surface area contributed by atoms with Gasteiger partial charge in [0.1, 0.15) is 11.0 Å². The van der Waals surface area contributed by atoms with E-state index in [0.717, 1.165) is 12.3 Å². The van der Waals surface area contributed by atoms with E-state index < -0.39 is 11.9 Å². The molecule has 0 aliphatic rings. The first-order valence-electron chi connectivity index (χ1n) is 3.32. The van der Waals surface area contributed by atoms with Crippen LogP contribution in [0.5, 0.6) is 0 Å². The summed E-state index contributed by atoms with van der Waals surface area (Å²) in [6.07, 6.45) is 0.996. The third kappa shape index (κ3) is 1.91. The molecular weight excluding hydrogens is 183 g/mol. The summed E-state index contributed by atoms with van der Waals surface area (Å²) in [6.45, 7) is -0.287. The molecule has 0 saturated heterocycles. The molecule has 1 aromatic heterocycles. The number of aliphatic hydroxyl groups is 1. The smallest absolute Gasteiger partial charge is 0.141 e. The second-order valence-corrected chi connectivity index (χ2v) is 2.68. The summed E-state index contributed by atoms with van der Waals surface area (Å²) in [5.41, 5.74) is 5.74. The van der Waals surface area contributed by atoms with Crippen LogP contribution in [0.4, 0.5) is 4.39 Å². The van der Waals surface area contributed by atoms with Gasteiger partial charge in [0.15, 0.2) is 0 Å². The Bertz CT molecular complexity index is 282. The molecule has 1 heterocycles. The molecule has 0 spiro atoms. The molecule has 0 fully saturated rings. The van der Waals surface area contributed by atoms with Gasteiger partial charge in [-0.15, -0.1) is 0 Å². The monoisotopic (exact) mass is 190 g/mol. The minimum atomic E-state index is -0.680. The zero-order valence-corrected chi connectivity index (χ0v) is 6.92. The van der Waals surface area contributed by atoms with Crippen molar-refractivity contribution in [3.63, 3.8) is 0 Å². The van der Waals surface area contributed by atoms with Crippen LogP contribution in [0.3, 0.4) is 0 Å². The van der Waals surface area contributed by atoms with E-state index >= 15 is 0 Å². The van der Waals surface area contributed by atoms with Crippen LogP contribution in [-0.2, 0) is 0 Å². The average molecular weight is 191 g/mol. The van der Waals surface area contributed by atoms with E-state index in [1.807, 2.05) is 0 Å². The molecule has 0 radical (unpaired) electrons. The second-order valence-electron chi connectivity index (χ2n) is 2.32. The lowest BCUT2D eigenvalue weighted by Crippen LogP contribution is -2.15. The highest BCUT2D eigenvalue weighted by Gasteiger charge is 2.10. The summed E-state index contributed by atoms with van der Waals surface area (Å²) in [6, 6.07) is 0.483. The largest absolute Gasteiger partial charge is 0.394 e. The molecular formula is C7H8ClFN2O. The molecule has 0 aliphatic carbocycles. The van der Waals surface area contributed by atoms with Crippen molar-refractivity contribution in [2.45, 2.75) is 6.04 Å². The van der Waals surface area contributed by atoms with Crippen molar-refractivity contribution >= 4 is 11.6 Å². The Morgan fingerprint density at radius 2 is 2.42 bits per heavy atom. The summed E-state index contributed by atoms with van der Waals surface area (Å²) < 4.78 is 12.6. The fourth-order valence-electron chi connectivity index (χ4n) is 0.797. The Labute approximate surface area is 74.0 Å². The molecule has 3 N–H and O–H groups in total. The lowest BCUT2D eigenvalue weighted by molar-refractivity contribution is 0.267. The summed E-state index contributed by atoms with van der Waals surface area (Å²) in [7, 11) is 0. The maximum Gasteiger partial charge on any atom is 0.141 e. The van der Waals surface area contributed by atoms with Crippen LogP contribution in [0.1, 0.15) is 11.6 Å². The van der Waals surface area contributed by atoms with Crippen LogP contribution < -0.4 is 5.73 Å². The number of nitrogens with two attached hydrogens (primary N) is 1. The minimum Gasteiger partial charge on any atom is -0.394 e. The van der Waals surface area contributed by atoms with Crippen molar-refractivity contribution in [1.29, 1.82) is 0 Å². The Morgan fingerprint density at radius 1 is 1.75 bits per heavy atom. The zero-order chi connectivity index (χ0) is 9.14. The standard InChI is InChI=1S/C7H8ClFN2O/c8-7-5(6(10)3-12)1-4(9)2-11-7/h1-2,6,12H,3,10H2. The Kier molecular flexibility index (Phi) is 2.97. The van der Waals surface area contributed by atoms with Gasteiger partial charge >= 0.3 is 0 Å². The molecule has 66 valence electrons. The number of aliphatic hydroxyl groups excluding tert-OH is 1. The van der Waals surface area contributed by atoms with E-state index in [9.17, 15) is 4.39 Å². The SMILES string of the molecule is NC(CO)c1cc(F)cnc1Cl. The van der Waals surface area contributed by atoms with Crippen LogP contribution in [-0.4, -0.2) is 16.7 Å². The summed E-state index contributed by atoms with van der Waals surface area (Å²) in [5, 5.41) is 8.79. The molecule has 1 unspecified atom stereocenters. The second kappa shape index (κ2) is 3.80. The number of aromatic nitrogens is 1. The van der Waals surface area contributed by atoms with E-state index in [0.29, 0.717) is 5.56 Å². The molecule has 3 nitrogen and oxygen atoms in total. The van der Waals surface area contributed by atoms with Crippen molar-refractivity contribution in [3.05, 3.63) is 28.8 Å². The third-order valence-corrected chi connectivity index (χ3v) is 1.74. The molecule has 1 atom stereocenters. The maximum absolute atomic E-state index is 12.6. The van der Waals surface area contributed by atoms with Gasteiger partial charge in [-0.05, 0) is 6.07 Å². The van der Waals surface area contributed by atoms with E-state index in [1.54, 1.807) is 0 Å². The predicted octanol–water partition coefficient (Wildman–Crippen LogP) is 0.866. The maximum atomic E-state index is 12.6. The van der Waals surface area contributed by atoms with Gasteiger partial charge in [-0.25, -0.2) is 9.37 Å². The highest BCUT2D eigenvalue weighted by atomic mass is 35.5. The van der Waals surface area contributed by atoms with E-state index in [-0.39, 0.29) is 11.8 Å². The zero-order valence-electron chi connectivity index (χ0n) is 6.17. The first-order chi connectivity index (χ1) is 5.65. The molecule has 1 rings (SSSR count).